The van der Waals surface area contributed by atoms with Crippen molar-refractivity contribution in [1.29, 1.82) is 0 Å². The number of ether oxygens (including phenoxy) is 1. The van der Waals surface area contributed by atoms with Crippen LogP contribution in [0.1, 0.15) is 113 Å². The fourth-order valence-corrected chi connectivity index (χ4v) is 5.82. The number of rotatable bonds is 18. The Kier molecular flexibility index (Phi) is 33.8. The van der Waals surface area contributed by atoms with Crippen molar-refractivity contribution in [2.75, 3.05) is 20.7 Å². The Bertz CT molecular complexity index is 1990. The SMILES string of the molecule is CC.CCC.CCCC(CC(O)CNC=O)C(=O)CCC(=O)NCc1ccccc1.CN[C@H](C)c1ccccc1.COc1cc(F)cc(F)c1.Cc1cc(C=O)cc(-c2cccnc2)c1. The van der Waals surface area contributed by atoms with E-state index >= 15 is 0 Å². The van der Waals surface area contributed by atoms with Gasteiger partial charge < -0.3 is 25.8 Å². The molecular formula is C53H72F2N4O6. The molecule has 0 saturated carbocycles. The lowest BCUT2D eigenvalue weighted by atomic mass is 9.90. The number of Topliss-reactive ketones (excluding diaryl/α,β-unsaturated/α-hetero) is 1. The normalized spacial score (nSPS) is 11.1. The minimum atomic E-state index is -0.752. The maximum Gasteiger partial charge on any atom is 0.220 e. The summed E-state index contributed by atoms with van der Waals surface area (Å²) in [6.07, 6.45) is 7.53. The second-order valence-corrected chi connectivity index (χ2v) is 14.6. The van der Waals surface area contributed by atoms with Crippen molar-refractivity contribution in [3.8, 4) is 16.9 Å². The Morgan fingerprint density at radius 2 is 1.45 bits per heavy atom. The van der Waals surface area contributed by atoms with E-state index in [1.165, 1.54) is 19.1 Å². The zero-order chi connectivity index (χ0) is 48.8. The van der Waals surface area contributed by atoms with Gasteiger partial charge in [-0.25, -0.2) is 8.78 Å². The van der Waals surface area contributed by atoms with E-state index in [0.29, 0.717) is 37.4 Å². The lowest BCUT2D eigenvalue weighted by molar-refractivity contribution is -0.128. The fourth-order valence-electron chi connectivity index (χ4n) is 5.82. The molecule has 2 amide bonds. The summed E-state index contributed by atoms with van der Waals surface area (Å²) in [5.74, 6) is -1.51. The van der Waals surface area contributed by atoms with Crippen LogP contribution in [0.25, 0.3) is 11.1 Å². The molecule has 0 bridgehead atoms. The topological polar surface area (TPSA) is 147 Å². The number of nitrogens with zero attached hydrogens (tertiary/aromatic N) is 1. The van der Waals surface area contributed by atoms with Gasteiger partial charge in [0.2, 0.25) is 12.3 Å². The highest BCUT2D eigenvalue weighted by atomic mass is 19.1. The number of halogens is 2. The van der Waals surface area contributed by atoms with Gasteiger partial charge in [0.05, 0.1) is 13.2 Å². The third-order valence-electron chi connectivity index (χ3n) is 9.05. The molecule has 5 rings (SSSR count). The summed E-state index contributed by atoms with van der Waals surface area (Å²) in [5, 5.41) is 18.3. The molecule has 1 heterocycles. The maximum absolute atomic E-state index is 12.3. The fraction of sp³-hybridized carbons (Fsp3) is 0.377. The monoisotopic (exact) mass is 899 g/mol. The van der Waals surface area contributed by atoms with E-state index in [-0.39, 0.29) is 42.7 Å². The number of pyridine rings is 1. The van der Waals surface area contributed by atoms with Gasteiger partial charge in [-0.1, -0.05) is 120 Å². The number of aliphatic hydroxyl groups excluding tert-OH is 1. The van der Waals surface area contributed by atoms with Gasteiger partial charge in [-0.2, -0.15) is 0 Å². The van der Waals surface area contributed by atoms with Gasteiger partial charge in [-0.05, 0) is 74.2 Å². The van der Waals surface area contributed by atoms with Crippen LogP contribution in [0.3, 0.4) is 0 Å². The van der Waals surface area contributed by atoms with Crippen LogP contribution in [0, 0.1) is 24.5 Å². The first-order valence-corrected chi connectivity index (χ1v) is 22.2. The number of hydrogen-bond acceptors (Lipinski definition) is 8. The van der Waals surface area contributed by atoms with Crippen LogP contribution in [0.5, 0.6) is 5.75 Å². The van der Waals surface area contributed by atoms with E-state index in [1.54, 1.807) is 12.4 Å². The van der Waals surface area contributed by atoms with E-state index < -0.39 is 17.7 Å². The molecule has 4 aromatic carbocycles. The van der Waals surface area contributed by atoms with Crippen molar-refractivity contribution in [2.45, 2.75) is 106 Å². The van der Waals surface area contributed by atoms with Crippen molar-refractivity contribution in [3.63, 3.8) is 0 Å². The summed E-state index contributed by atoms with van der Waals surface area (Å²) in [6, 6.07) is 33.1. The van der Waals surface area contributed by atoms with Gasteiger partial charge in [-0.15, -0.1) is 0 Å². The first-order valence-electron chi connectivity index (χ1n) is 22.2. The number of aliphatic hydroxyl groups is 1. The van der Waals surface area contributed by atoms with Gasteiger partial charge in [0.15, 0.2) is 0 Å². The average Bonchev–Trinajstić information content (AvgIpc) is 3.33. The number of aldehydes is 1. The van der Waals surface area contributed by atoms with Gasteiger partial charge in [0.1, 0.15) is 29.5 Å². The molecule has 5 aromatic rings. The Morgan fingerprint density at radius 1 is 0.831 bits per heavy atom. The number of carbonyl (C=O) groups is 4. The molecule has 0 fully saturated rings. The van der Waals surface area contributed by atoms with Crippen LogP contribution in [0.15, 0.2) is 122 Å². The molecule has 0 spiro atoms. The highest BCUT2D eigenvalue weighted by Gasteiger charge is 2.21. The standard InChI is InChI=1S/C19H28N2O4.C13H11NO.C9H13N.C7H6F2O.C3H8.C2H6/c1-2-6-16(11-17(23)13-20-14-22)18(24)9-10-19(25)21-12-15-7-4-3-5-8-15;1-10-5-11(9-15)7-13(6-10)12-3-2-4-14-8-12;1-8(10-2)9-6-4-3-5-7-9;1-10-7-3-5(8)2-6(9)4-7;1-3-2;1-2/h3-5,7-8,14,16-17,23H,2,6,9-13H2,1H3,(H,20,22)(H,21,25);2-9H,1H3;3-8,10H,1-2H3;2-4H,1H3;3H2,1-2H3;1-2H3/t;;8-;;;/m..1.../s1. The summed E-state index contributed by atoms with van der Waals surface area (Å²) in [5.41, 5.74) is 6.20. The number of carbonyl (C=O) groups excluding carboxylic acids is 4. The summed E-state index contributed by atoms with van der Waals surface area (Å²) >= 11 is 0. The zero-order valence-corrected chi connectivity index (χ0v) is 39.8. The molecule has 12 heteroatoms. The Morgan fingerprint density at radius 3 is 1.97 bits per heavy atom. The summed E-state index contributed by atoms with van der Waals surface area (Å²) in [4.78, 5) is 49.3. The van der Waals surface area contributed by atoms with Crippen LogP contribution in [0.2, 0.25) is 0 Å². The maximum atomic E-state index is 12.3. The molecule has 0 radical (unpaired) electrons. The first-order chi connectivity index (χ1) is 31.3. The van der Waals surface area contributed by atoms with Crippen LogP contribution in [-0.4, -0.2) is 61.3 Å². The van der Waals surface area contributed by atoms with Crippen molar-refractivity contribution >= 4 is 24.4 Å². The lowest BCUT2D eigenvalue weighted by Gasteiger charge is -2.18. The first kappa shape index (κ1) is 58.9. The van der Waals surface area contributed by atoms with Crippen LogP contribution in [0.4, 0.5) is 8.78 Å². The summed E-state index contributed by atoms with van der Waals surface area (Å²) < 4.78 is 29.2. The van der Waals surface area contributed by atoms with E-state index in [2.05, 4.69) is 70.7 Å². The van der Waals surface area contributed by atoms with E-state index in [9.17, 15) is 33.1 Å². The molecule has 65 heavy (non-hydrogen) atoms. The largest absolute Gasteiger partial charge is 0.497 e. The minimum absolute atomic E-state index is 0.0122. The summed E-state index contributed by atoms with van der Waals surface area (Å²) in [7, 11) is 3.33. The molecule has 4 N–H and O–H groups in total. The predicted molar refractivity (Wildman–Crippen MR) is 260 cm³/mol. The van der Waals surface area contributed by atoms with Gasteiger partial charge in [0.25, 0.3) is 0 Å². The van der Waals surface area contributed by atoms with E-state index in [4.69, 9.17) is 0 Å². The zero-order valence-electron chi connectivity index (χ0n) is 39.8. The van der Waals surface area contributed by atoms with Crippen molar-refractivity contribution in [3.05, 3.63) is 155 Å². The Labute approximate surface area is 386 Å². The number of aromatic nitrogens is 1. The van der Waals surface area contributed by atoms with Gasteiger partial charge >= 0.3 is 0 Å². The molecular weight excluding hydrogens is 827 g/mol. The lowest BCUT2D eigenvalue weighted by Crippen LogP contribution is -2.30. The van der Waals surface area contributed by atoms with Crippen molar-refractivity contribution in [1.82, 2.24) is 20.9 Å². The summed E-state index contributed by atoms with van der Waals surface area (Å²) in [6.45, 7) is 14.9. The number of aryl methyl sites for hydroxylation is 1. The second-order valence-electron chi connectivity index (χ2n) is 14.6. The third-order valence-corrected chi connectivity index (χ3v) is 9.05. The van der Waals surface area contributed by atoms with Crippen LogP contribution in [-0.2, 0) is 20.9 Å². The van der Waals surface area contributed by atoms with E-state index in [0.717, 1.165) is 53.2 Å². The van der Waals surface area contributed by atoms with Crippen molar-refractivity contribution < 1.29 is 37.8 Å². The van der Waals surface area contributed by atoms with Gasteiger partial charge in [-0.3, -0.25) is 24.2 Å². The number of amides is 2. The molecule has 354 valence electrons. The molecule has 1 aromatic heterocycles. The molecule has 0 aliphatic heterocycles. The second kappa shape index (κ2) is 37.3. The highest BCUT2D eigenvalue weighted by molar-refractivity contribution is 5.86. The van der Waals surface area contributed by atoms with E-state index in [1.807, 2.05) is 101 Å². The number of nitrogens with one attached hydrogen (secondary N) is 3. The predicted octanol–water partition coefficient (Wildman–Crippen LogP) is 10.8. The molecule has 0 aliphatic rings. The number of hydrogen-bond donors (Lipinski definition) is 4. The highest BCUT2D eigenvalue weighted by Crippen LogP contribution is 2.21. The molecule has 0 aliphatic carbocycles. The number of benzene rings is 4. The number of methoxy groups -OCH3 is 1. The minimum Gasteiger partial charge on any atom is -0.497 e. The Balaban J connectivity index is 0.000000868. The Hall–Kier alpha value is -6.11. The van der Waals surface area contributed by atoms with Crippen LogP contribution >= 0.6 is 0 Å². The average molecular weight is 899 g/mol. The third kappa shape index (κ3) is 27.6. The quantitative estimate of drug-likeness (QED) is 0.0636. The van der Waals surface area contributed by atoms with Crippen molar-refractivity contribution in [2.24, 2.45) is 5.92 Å². The van der Waals surface area contributed by atoms with Gasteiger partial charge in [0, 0.05) is 79.6 Å². The number of ketones is 1. The van der Waals surface area contributed by atoms with Crippen LogP contribution < -0.4 is 20.7 Å². The molecule has 0 saturated heterocycles. The molecule has 10 nitrogen and oxygen atoms in total. The molecule has 2 unspecified atom stereocenters. The molecule has 3 atom stereocenters. The smallest absolute Gasteiger partial charge is 0.220 e.